The number of benzene rings is 1. The number of hydrogen-bond acceptors (Lipinski definition) is 7. The van der Waals surface area contributed by atoms with Crippen LogP contribution in [0.2, 0.25) is 0 Å². The van der Waals surface area contributed by atoms with Gasteiger partial charge in [-0.3, -0.25) is 14.6 Å². The molecule has 1 aromatic carbocycles. The molecule has 0 radical (unpaired) electrons. The first-order valence-electron chi connectivity index (χ1n) is 12.9. The van der Waals surface area contributed by atoms with Crippen molar-refractivity contribution < 1.29 is 9.32 Å². The van der Waals surface area contributed by atoms with Gasteiger partial charge in [-0.25, -0.2) is 0 Å². The molecule has 2 saturated heterocycles. The van der Waals surface area contributed by atoms with Crippen molar-refractivity contribution in [3.8, 4) is 10.7 Å². The molecule has 0 spiro atoms. The lowest BCUT2D eigenvalue weighted by molar-refractivity contribution is -0.127. The van der Waals surface area contributed by atoms with E-state index in [1.807, 2.05) is 17.5 Å². The molecule has 0 saturated carbocycles. The lowest BCUT2D eigenvalue weighted by Crippen LogP contribution is -2.42. The number of amides is 1. The number of nitrogens with one attached hydrogen (secondary N) is 1. The van der Waals surface area contributed by atoms with Crippen LogP contribution in [0.5, 0.6) is 0 Å². The molecule has 1 N–H and O–H groups in total. The maximum atomic E-state index is 12.9. The molecule has 8 heteroatoms. The van der Waals surface area contributed by atoms with Crippen LogP contribution in [0.1, 0.15) is 55.5 Å². The first-order chi connectivity index (χ1) is 17.2. The lowest BCUT2D eigenvalue weighted by Gasteiger charge is -2.30. The zero-order valence-corrected chi connectivity index (χ0v) is 21.1. The fourth-order valence-corrected chi connectivity index (χ4v) is 5.73. The summed E-state index contributed by atoms with van der Waals surface area (Å²) < 4.78 is 5.46. The van der Waals surface area contributed by atoms with Crippen molar-refractivity contribution in [3.63, 3.8) is 0 Å². The van der Waals surface area contributed by atoms with Crippen LogP contribution >= 0.6 is 11.3 Å². The third kappa shape index (κ3) is 6.78. The second-order valence-electron chi connectivity index (χ2n) is 9.79. The van der Waals surface area contributed by atoms with Gasteiger partial charge in [0.05, 0.1) is 17.3 Å². The number of aromatic nitrogens is 2. The smallest absolute Gasteiger partial charge is 0.241 e. The van der Waals surface area contributed by atoms with E-state index in [1.165, 1.54) is 44.3 Å². The highest BCUT2D eigenvalue weighted by Crippen LogP contribution is 2.23. The van der Waals surface area contributed by atoms with Crippen LogP contribution in [0.4, 0.5) is 0 Å². The Kier molecular flexibility index (Phi) is 8.23. The molecule has 2 aliphatic rings. The van der Waals surface area contributed by atoms with Crippen LogP contribution in [0.15, 0.2) is 46.3 Å². The van der Waals surface area contributed by atoms with Gasteiger partial charge in [0.15, 0.2) is 0 Å². The second kappa shape index (κ2) is 11.9. The fourth-order valence-electron chi connectivity index (χ4n) is 5.08. The van der Waals surface area contributed by atoms with Gasteiger partial charge in [0.2, 0.25) is 17.6 Å². The monoisotopic (exact) mass is 493 g/mol. The van der Waals surface area contributed by atoms with Crippen LogP contribution in [0.25, 0.3) is 10.7 Å². The lowest BCUT2D eigenvalue weighted by atomic mass is 9.97. The minimum absolute atomic E-state index is 0.00857. The summed E-state index contributed by atoms with van der Waals surface area (Å²) >= 11 is 1.60. The first-order valence-corrected chi connectivity index (χ1v) is 13.8. The highest BCUT2D eigenvalue weighted by Gasteiger charge is 2.27. The minimum Gasteiger partial charge on any atom is -0.352 e. The number of carbonyl (C=O) groups excluding carboxylic acids is 1. The topological polar surface area (TPSA) is 74.5 Å². The van der Waals surface area contributed by atoms with Gasteiger partial charge in [-0.1, -0.05) is 48.3 Å². The average molecular weight is 494 g/mol. The molecule has 2 fully saturated rings. The maximum absolute atomic E-state index is 12.9. The quantitative estimate of drug-likeness (QED) is 0.490. The molecule has 186 valence electrons. The number of hydrogen-bond donors (Lipinski definition) is 1. The molecule has 5 rings (SSSR count). The molecule has 35 heavy (non-hydrogen) atoms. The second-order valence-corrected chi connectivity index (χ2v) is 10.7. The summed E-state index contributed by atoms with van der Waals surface area (Å²) in [6.45, 7) is 6.26. The molecule has 1 atom stereocenters. The van der Waals surface area contributed by atoms with Crippen LogP contribution in [-0.4, -0.2) is 52.0 Å². The normalized spacial score (nSPS) is 19.9. The Bertz CT molecular complexity index is 1060. The predicted octanol–water partition coefficient (Wildman–Crippen LogP) is 4.70. The first kappa shape index (κ1) is 24.2. The van der Waals surface area contributed by atoms with E-state index in [9.17, 15) is 4.79 Å². The third-order valence-electron chi connectivity index (χ3n) is 7.04. The molecule has 0 bridgehead atoms. The van der Waals surface area contributed by atoms with Gasteiger partial charge >= 0.3 is 0 Å². The largest absolute Gasteiger partial charge is 0.352 e. The number of likely N-dealkylation sites (tertiary alicyclic amines) is 2. The van der Waals surface area contributed by atoms with Crippen molar-refractivity contribution in [1.29, 1.82) is 0 Å². The summed E-state index contributed by atoms with van der Waals surface area (Å²) in [5.74, 6) is 1.37. The van der Waals surface area contributed by atoms with E-state index in [1.54, 1.807) is 11.3 Å². The Hall–Kier alpha value is -2.55. The summed E-state index contributed by atoms with van der Waals surface area (Å²) in [5.41, 5.74) is 2.51. The van der Waals surface area contributed by atoms with Crippen LogP contribution in [-0.2, 0) is 24.4 Å². The molecule has 1 unspecified atom stereocenters. The molecule has 7 nitrogen and oxygen atoms in total. The molecule has 2 aromatic heterocycles. The van der Waals surface area contributed by atoms with E-state index in [-0.39, 0.29) is 11.8 Å². The molecular formula is C27H35N5O2S. The van der Waals surface area contributed by atoms with Crippen molar-refractivity contribution in [2.75, 3.05) is 26.2 Å². The van der Waals surface area contributed by atoms with Gasteiger partial charge in [0.1, 0.15) is 0 Å². The summed E-state index contributed by atoms with van der Waals surface area (Å²) in [6.07, 6.45) is 7.26. The molecule has 2 aliphatic heterocycles. The van der Waals surface area contributed by atoms with E-state index in [0.29, 0.717) is 24.8 Å². The Balaban J connectivity index is 1.08. The van der Waals surface area contributed by atoms with Gasteiger partial charge in [0, 0.05) is 19.6 Å². The van der Waals surface area contributed by atoms with Gasteiger partial charge in [-0.05, 0) is 67.9 Å². The van der Waals surface area contributed by atoms with Gasteiger partial charge in [0.25, 0.3) is 0 Å². The van der Waals surface area contributed by atoms with Crippen molar-refractivity contribution in [1.82, 2.24) is 25.3 Å². The van der Waals surface area contributed by atoms with Gasteiger partial charge in [-0.15, -0.1) is 11.3 Å². The molecular weight excluding hydrogens is 458 g/mol. The Labute approximate surface area is 211 Å². The highest BCUT2D eigenvalue weighted by atomic mass is 32.1. The van der Waals surface area contributed by atoms with Gasteiger partial charge in [-0.2, -0.15) is 4.98 Å². The number of nitrogens with zero attached hydrogens (tertiary/aromatic N) is 4. The molecule has 0 aliphatic carbocycles. The summed E-state index contributed by atoms with van der Waals surface area (Å²) in [5, 5.41) is 9.26. The standard InChI is InChI=1S/C27H35N5O2S/c33-27(28-17-21-9-11-22(12-10-21)18-31-13-3-1-2-4-14-31)23-7-5-15-32(19-23)20-25-29-26(30-34-25)24-8-6-16-35-24/h6,8-12,16,23H,1-5,7,13-15,17-20H2,(H,28,33). The molecule has 3 aromatic rings. The van der Waals surface area contributed by atoms with Crippen molar-refractivity contribution >= 4 is 17.2 Å². The predicted molar refractivity (Wildman–Crippen MR) is 138 cm³/mol. The number of carbonyl (C=O) groups is 1. The summed E-state index contributed by atoms with van der Waals surface area (Å²) in [6, 6.07) is 12.7. The number of rotatable bonds is 8. The fraction of sp³-hybridized carbons (Fsp3) is 0.519. The van der Waals surface area contributed by atoms with Crippen molar-refractivity contribution in [2.24, 2.45) is 5.92 Å². The summed E-state index contributed by atoms with van der Waals surface area (Å²) in [7, 11) is 0. The van der Waals surface area contributed by atoms with Crippen LogP contribution in [0.3, 0.4) is 0 Å². The van der Waals surface area contributed by atoms with E-state index in [2.05, 4.69) is 49.5 Å². The van der Waals surface area contributed by atoms with Crippen LogP contribution < -0.4 is 5.32 Å². The summed E-state index contributed by atoms with van der Waals surface area (Å²) in [4.78, 5) is 23.2. The number of thiophene rings is 1. The molecule has 4 heterocycles. The Morgan fingerprint density at radius 1 is 0.971 bits per heavy atom. The third-order valence-corrected chi connectivity index (χ3v) is 7.91. The van der Waals surface area contributed by atoms with E-state index in [4.69, 9.17) is 4.52 Å². The van der Waals surface area contributed by atoms with E-state index < -0.39 is 0 Å². The minimum atomic E-state index is -0.00857. The maximum Gasteiger partial charge on any atom is 0.241 e. The Morgan fingerprint density at radius 3 is 2.51 bits per heavy atom. The number of piperidine rings is 1. The zero-order chi connectivity index (χ0) is 23.9. The van der Waals surface area contributed by atoms with E-state index >= 15 is 0 Å². The molecule has 1 amide bonds. The van der Waals surface area contributed by atoms with Crippen molar-refractivity contribution in [3.05, 3.63) is 58.8 Å². The van der Waals surface area contributed by atoms with Crippen LogP contribution in [0, 0.1) is 5.92 Å². The SMILES string of the molecule is O=C(NCc1ccc(CN2CCCCCC2)cc1)C1CCCN(Cc2nc(-c3cccs3)no2)C1. The van der Waals surface area contributed by atoms with Crippen molar-refractivity contribution in [2.45, 2.75) is 58.2 Å². The average Bonchev–Trinajstić information content (AvgIpc) is 3.52. The highest BCUT2D eigenvalue weighted by molar-refractivity contribution is 7.13. The van der Waals surface area contributed by atoms with E-state index in [0.717, 1.165) is 42.9 Å². The van der Waals surface area contributed by atoms with Gasteiger partial charge < -0.3 is 9.84 Å². The zero-order valence-electron chi connectivity index (χ0n) is 20.3. The Morgan fingerprint density at radius 2 is 1.74 bits per heavy atom.